The Labute approximate surface area is 134 Å². The van der Waals surface area contributed by atoms with Gasteiger partial charge in [-0.2, -0.15) is 0 Å². The van der Waals surface area contributed by atoms with E-state index in [-0.39, 0.29) is 11.8 Å². The van der Waals surface area contributed by atoms with Crippen LogP contribution in [0, 0.1) is 6.92 Å². The molecule has 0 atom stereocenters. The minimum Gasteiger partial charge on any atom is -0.320 e. The molecule has 0 aliphatic rings. The summed E-state index contributed by atoms with van der Waals surface area (Å²) in [6.07, 6.45) is 0. The summed E-state index contributed by atoms with van der Waals surface area (Å²) in [6, 6.07) is 8.77. The normalized spacial score (nSPS) is 10.8. The zero-order valence-corrected chi connectivity index (χ0v) is 13.6. The molecule has 0 saturated carbocycles. The number of hydrogen-bond acceptors (Lipinski definition) is 2. The number of nitrogens with one attached hydrogen (secondary N) is 1. The molecule has 2 rings (SSSR count). The number of amides is 1. The van der Waals surface area contributed by atoms with Gasteiger partial charge in [0.1, 0.15) is 5.15 Å². The van der Waals surface area contributed by atoms with Crippen molar-refractivity contribution in [2.45, 2.75) is 26.7 Å². The molecule has 0 unspecified atom stereocenters. The van der Waals surface area contributed by atoms with E-state index in [1.165, 1.54) is 0 Å². The number of carbonyl (C=O) groups excluding carboxylic acids is 1. The van der Waals surface area contributed by atoms with E-state index in [2.05, 4.69) is 10.3 Å². The number of halogens is 2. The summed E-state index contributed by atoms with van der Waals surface area (Å²) in [5.41, 5.74) is 2.77. The van der Waals surface area contributed by atoms with Gasteiger partial charge >= 0.3 is 0 Å². The highest BCUT2D eigenvalue weighted by Gasteiger charge is 2.13. The van der Waals surface area contributed by atoms with Gasteiger partial charge in [0.2, 0.25) is 0 Å². The van der Waals surface area contributed by atoms with Crippen molar-refractivity contribution in [3.63, 3.8) is 0 Å². The van der Waals surface area contributed by atoms with Gasteiger partial charge in [-0.1, -0.05) is 49.2 Å². The van der Waals surface area contributed by atoms with E-state index in [4.69, 9.17) is 23.2 Å². The number of hydrogen-bond donors (Lipinski definition) is 1. The summed E-state index contributed by atoms with van der Waals surface area (Å²) in [6.45, 7) is 5.89. The maximum Gasteiger partial charge on any atom is 0.255 e. The molecule has 3 nitrogen and oxygen atoms in total. The lowest BCUT2D eigenvalue weighted by Gasteiger charge is -2.12. The number of benzene rings is 1. The van der Waals surface area contributed by atoms with Crippen LogP contribution in [0.5, 0.6) is 0 Å². The Hall–Kier alpha value is -1.58. The van der Waals surface area contributed by atoms with Gasteiger partial charge in [-0.3, -0.25) is 4.79 Å². The Morgan fingerprint density at radius 1 is 1.24 bits per heavy atom. The molecule has 2 aromatic rings. The minimum absolute atomic E-state index is 0.192. The highest BCUT2D eigenvalue weighted by atomic mass is 35.5. The Morgan fingerprint density at radius 2 is 1.95 bits per heavy atom. The van der Waals surface area contributed by atoms with Crippen LogP contribution in [0.25, 0.3) is 0 Å². The van der Waals surface area contributed by atoms with Crippen molar-refractivity contribution in [3.05, 3.63) is 57.3 Å². The van der Waals surface area contributed by atoms with Gasteiger partial charge < -0.3 is 5.32 Å². The van der Waals surface area contributed by atoms with E-state index >= 15 is 0 Å². The lowest BCUT2D eigenvalue weighted by atomic mass is 10.1. The molecule has 0 bridgehead atoms. The molecule has 0 spiro atoms. The Bertz CT molecular complexity index is 664. The van der Waals surface area contributed by atoms with E-state index in [1.807, 2.05) is 32.9 Å². The van der Waals surface area contributed by atoms with Crippen LogP contribution in [0.2, 0.25) is 10.2 Å². The summed E-state index contributed by atoms with van der Waals surface area (Å²) in [7, 11) is 0. The third kappa shape index (κ3) is 3.74. The molecule has 0 aliphatic carbocycles. The van der Waals surface area contributed by atoms with Crippen LogP contribution in [0.15, 0.2) is 30.3 Å². The van der Waals surface area contributed by atoms with Crippen molar-refractivity contribution in [2.24, 2.45) is 0 Å². The summed E-state index contributed by atoms with van der Waals surface area (Å²) < 4.78 is 0. The van der Waals surface area contributed by atoms with Crippen molar-refractivity contribution < 1.29 is 4.79 Å². The van der Waals surface area contributed by atoms with Crippen LogP contribution in [0.1, 0.15) is 41.4 Å². The molecule has 0 aliphatic heterocycles. The van der Waals surface area contributed by atoms with Gasteiger partial charge in [0.25, 0.3) is 5.91 Å². The number of anilines is 1. The fourth-order valence-electron chi connectivity index (χ4n) is 1.92. The third-order valence-electron chi connectivity index (χ3n) is 3.13. The fraction of sp³-hybridized carbons (Fsp3) is 0.250. The van der Waals surface area contributed by atoms with Crippen molar-refractivity contribution >= 4 is 34.8 Å². The molecule has 5 heteroatoms. The molecule has 1 aromatic heterocycles. The Kier molecular flexibility index (Phi) is 4.86. The summed E-state index contributed by atoms with van der Waals surface area (Å²) >= 11 is 12.1. The van der Waals surface area contributed by atoms with Gasteiger partial charge in [-0.05, 0) is 36.6 Å². The van der Waals surface area contributed by atoms with Crippen LogP contribution < -0.4 is 5.32 Å². The molecule has 0 saturated heterocycles. The molecule has 21 heavy (non-hydrogen) atoms. The number of aromatic nitrogens is 1. The van der Waals surface area contributed by atoms with Gasteiger partial charge in [0, 0.05) is 11.3 Å². The van der Waals surface area contributed by atoms with Crippen LogP contribution in [-0.2, 0) is 0 Å². The second-order valence-electron chi connectivity index (χ2n) is 5.14. The number of carbonyl (C=O) groups is 1. The maximum atomic E-state index is 12.4. The number of aryl methyl sites for hydroxylation is 1. The fourth-order valence-corrected chi connectivity index (χ4v) is 2.40. The van der Waals surface area contributed by atoms with Crippen LogP contribution in [-0.4, -0.2) is 10.9 Å². The average Bonchev–Trinajstić information content (AvgIpc) is 2.42. The van der Waals surface area contributed by atoms with Gasteiger partial charge in [0.05, 0.1) is 10.7 Å². The summed E-state index contributed by atoms with van der Waals surface area (Å²) in [4.78, 5) is 16.6. The van der Waals surface area contributed by atoms with Crippen LogP contribution in [0.4, 0.5) is 5.69 Å². The Morgan fingerprint density at radius 3 is 2.57 bits per heavy atom. The molecule has 1 aromatic carbocycles. The summed E-state index contributed by atoms with van der Waals surface area (Å²) in [5, 5.41) is 3.65. The minimum atomic E-state index is -0.252. The summed E-state index contributed by atoms with van der Waals surface area (Å²) in [5.74, 6) is -0.0605. The largest absolute Gasteiger partial charge is 0.320 e. The molecule has 0 fully saturated rings. The second kappa shape index (κ2) is 6.46. The lowest BCUT2D eigenvalue weighted by Crippen LogP contribution is -2.14. The number of pyridine rings is 1. The topological polar surface area (TPSA) is 42.0 Å². The van der Waals surface area contributed by atoms with E-state index in [0.717, 1.165) is 11.3 Å². The first kappa shape index (κ1) is 15.8. The number of rotatable bonds is 3. The lowest BCUT2D eigenvalue weighted by molar-refractivity contribution is 0.102. The van der Waals surface area contributed by atoms with Gasteiger partial charge in [-0.15, -0.1) is 0 Å². The molecule has 1 amide bonds. The van der Waals surface area contributed by atoms with Crippen molar-refractivity contribution in [2.75, 3.05) is 5.32 Å². The monoisotopic (exact) mass is 322 g/mol. The number of nitrogens with zero attached hydrogens (tertiary/aromatic N) is 1. The zero-order valence-electron chi connectivity index (χ0n) is 12.1. The molecule has 110 valence electrons. The predicted molar refractivity (Wildman–Crippen MR) is 87.5 cm³/mol. The molecular formula is C16H16Cl2N2O. The standard InChI is InChI=1S/C16H16Cl2N2O/c1-9(2)13-7-11(8-14(18)19-13)16(21)20-15-10(3)5-4-6-12(15)17/h4-9H,1-3H3,(H,20,21). The van der Waals surface area contributed by atoms with Gasteiger partial charge in [0.15, 0.2) is 0 Å². The van der Waals surface area contributed by atoms with E-state index in [0.29, 0.717) is 21.4 Å². The highest BCUT2D eigenvalue weighted by molar-refractivity contribution is 6.34. The van der Waals surface area contributed by atoms with Crippen LogP contribution >= 0.6 is 23.2 Å². The average molecular weight is 323 g/mol. The molecule has 1 heterocycles. The van der Waals surface area contributed by atoms with Crippen molar-refractivity contribution in [3.8, 4) is 0 Å². The first-order valence-corrected chi connectivity index (χ1v) is 7.38. The van der Waals surface area contributed by atoms with E-state index < -0.39 is 0 Å². The van der Waals surface area contributed by atoms with E-state index in [9.17, 15) is 4.79 Å². The number of para-hydroxylation sites is 1. The van der Waals surface area contributed by atoms with Crippen LogP contribution in [0.3, 0.4) is 0 Å². The highest BCUT2D eigenvalue weighted by Crippen LogP contribution is 2.26. The van der Waals surface area contributed by atoms with Crippen molar-refractivity contribution in [1.82, 2.24) is 4.98 Å². The first-order valence-electron chi connectivity index (χ1n) is 6.62. The third-order valence-corrected chi connectivity index (χ3v) is 3.64. The van der Waals surface area contributed by atoms with Gasteiger partial charge in [-0.25, -0.2) is 4.98 Å². The molecule has 1 N–H and O–H groups in total. The van der Waals surface area contributed by atoms with Crippen molar-refractivity contribution in [1.29, 1.82) is 0 Å². The predicted octanol–water partition coefficient (Wildman–Crippen LogP) is 5.07. The zero-order chi connectivity index (χ0) is 15.6. The molecule has 0 radical (unpaired) electrons. The second-order valence-corrected chi connectivity index (χ2v) is 5.94. The maximum absolute atomic E-state index is 12.4. The SMILES string of the molecule is Cc1cccc(Cl)c1NC(=O)c1cc(Cl)nc(C(C)C)c1. The smallest absolute Gasteiger partial charge is 0.255 e. The van der Waals surface area contributed by atoms with E-state index in [1.54, 1.807) is 18.2 Å². The quantitative estimate of drug-likeness (QED) is 0.801. The Balaban J connectivity index is 2.33. The molecular weight excluding hydrogens is 307 g/mol. The first-order chi connectivity index (χ1) is 9.88.